The first-order valence-corrected chi connectivity index (χ1v) is 8.81. The van der Waals surface area contributed by atoms with E-state index in [1.807, 2.05) is 0 Å². The van der Waals surface area contributed by atoms with E-state index in [-0.39, 0.29) is 6.04 Å². The molecule has 2 heteroatoms. The Bertz CT molecular complexity index is 812. The van der Waals surface area contributed by atoms with Gasteiger partial charge in [0.05, 0.1) is 12.6 Å². The molecule has 3 aromatic carbocycles. The zero-order valence-corrected chi connectivity index (χ0v) is 14.5. The number of hydrogen-bond donors (Lipinski definition) is 0. The van der Waals surface area contributed by atoms with E-state index in [2.05, 4.69) is 96.8 Å². The van der Waals surface area contributed by atoms with Crippen LogP contribution in [0.3, 0.4) is 0 Å². The van der Waals surface area contributed by atoms with Gasteiger partial charge in [-0.15, -0.1) is 0 Å². The molecule has 0 N–H and O–H groups in total. The Balaban J connectivity index is 1.77. The van der Waals surface area contributed by atoms with Crippen molar-refractivity contribution in [2.24, 2.45) is 4.99 Å². The van der Waals surface area contributed by atoms with E-state index in [4.69, 9.17) is 4.99 Å². The van der Waals surface area contributed by atoms with Crippen molar-refractivity contribution in [3.05, 3.63) is 107 Å². The molecule has 0 aliphatic carbocycles. The van der Waals surface area contributed by atoms with Gasteiger partial charge in [0.1, 0.15) is 5.84 Å². The summed E-state index contributed by atoms with van der Waals surface area (Å²) in [4.78, 5) is 7.27. The Morgan fingerprint density at radius 3 is 1.88 bits per heavy atom. The third-order valence-electron chi connectivity index (χ3n) is 4.73. The molecule has 0 saturated heterocycles. The van der Waals surface area contributed by atoms with Gasteiger partial charge >= 0.3 is 0 Å². The molecule has 0 aromatic heterocycles. The van der Waals surface area contributed by atoms with E-state index in [0.717, 1.165) is 18.9 Å². The van der Waals surface area contributed by atoms with Gasteiger partial charge in [0, 0.05) is 12.1 Å². The molecule has 0 saturated carbocycles. The number of rotatable bonds is 4. The lowest BCUT2D eigenvalue weighted by Gasteiger charge is -2.31. The number of hydrogen-bond acceptors (Lipinski definition) is 2. The second kappa shape index (κ2) is 6.94. The monoisotopic (exact) mass is 326 g/mol. The predicted molar refractivity (Wildman–Crippen MR) is 104 cm³/mol. The fourth-order valence-corrected chi connectivity index (χ4v) is 3.49. The largest absolute Gasteiger partial charge is 0.343 e. The van der Waals surface area contributed by atoms with E-state index in [1.54, 1.807) is 0 Å². The molecular weight excluding hydrogens is 304 g/mol. The summed E-state index contributed by atoms with van der Waals surface area (Å²) in [6, 6.07) is 30.3. The van der Waals surface area contributed by atoms with Crippen molar-refractivity contribution >= 4 is 5.84 Å². The SMILES string of the molecule is Cc1ccc(C2=NCCN2C(c2ccccc2)c2ccccc2)cc1. The minimum absolute atomic E-state index is 0.185. The van der Waals surface area contributed by atoms with Gasteiger partial charge in [0.15, 0.2) is 0 Å². The molecule has 0 atom stereocenters. The number of aliphatic imine (C=N–C) groups is 1. The van der Waals surface area contributed by atoms with E-state index in [1.165, 1.54) is 22.3 Å². The fraction of sp³-hybridized carbons (Fsp3) is 0.174. The molecule has 0 fully saturated rings. The van der Waals surface area contributed by atoms with Crippen LogP contribution in [0, 0.1) is 6.92 Å². The summed E-state index contributed by atoms with van der Waals surface area (Å²) in [5.41, 5.74) is 5.07. The van der Waals surface area contributed by atoms with Crippen LogP contribution >= 0.6 is 0 Å². The lowest BCUT2D eigenvalue weighted by Crippen LogP contribution is -2.33. The van der Waals surface area contributed by atoms with Gasteiger partial charge in [-0.2, -0.15) is 0 Å². The molecule has 0 radical (unpaired) electrons. The minimum atomic E-state index is 0.185. The van der Waals surface area contributed by atoms with Gasteiger partial charge in [-0.05, 0) is 18.1 Å². The highest BCUT2D eigenvalue weighted by Gasteiger charge is 2.28. The quantitative estimate of drug-likeness (QED) is 0.669. The molecule has 0 unspecified atom stereocenters. The van der Waals surface area contributed by atoms with Gasteiger partial charge in [0.25, 0.3) is 0 Å². The van der Waals surface area contributed by atoms with Crippen molar-refractivity contribution in [2.45, 2.75) is 13.0 Å². The van der Waals surface area contributed by atoms with Crippen molar-refractivity contribution in [2.75, 3.05) is 13.1 Å². The van der Waals surface area contributed by atoms with Gasteiger partial charge in [-0.1, -0.05) is 90.5 Å². The standard InChI is InChI=1S/C23H22N2/c1-18-12-14-21(15-13-18)23-24-16-17-25(23)22(19-8-4-2-5-9-19)20-10-6-3-7-11-20/h2-15,22H,16-17H2,1H3. The van der Waals surface area contributed by atoms with E-state index >= 15 is 0 Å². The zero-order valence-electron chi connectivity index (χ0n) is 14.5. The molecule has 2 nitrogen and oxygen atoms in total. The van der Waals surface area contributed by atoms with Crippen LogP contribution < -0.4 is 0 Å². The second-order valence-electron chi connectivity index (χ2n) is 6.49. The first-order valence-electron chi connectivity index (χ1n) is 8.81. The lowest BCUT2D eigenvalue weighted by molar-refractivity contribution is 0.389. The van der Waals surface area contributed by atoms with E-state index < -0.39 is 0 Å². The molecule has 3 aromatic rings. The Kier molecular flexibility index (Phi) is 4.34. The molecule has 1 heterocycles. The summed E-state index contributed by atoms with van der Waals surface area (Å²) in [6.45, 7) is 3.91. The summed E-state index contributed by atoms with van der Waals surface area (Å²) >= 11 is 0. The number of nitrogens with zero attached hydrogens (tertiary/aromatic N) is 2. The Morgan fingerprint density at radius 1 is 0.760 bits per heavy atom. The van der Waals surface area contributed by atoms with Crippen molar-refractivity contribution in [1.29, 1.82) is 0 Å². The van der Waals surface area contributed by atoms with Crippen LogP contribution in [0.25, 0.3) is 0 Å². The maximum Gasteiger partial charge on any atom is 0.131 e. The predicted octanol–water partition coefficient (Wildman–Crippen LogP) is 4.85. The third kappa shape index (κ3) is 3.20. The summed E-state index contributed by atoms with van der Waals surface area (Å²) < 4.78 is 0. The number of aryl methyl sites for hydroxylation is 1. The second-order valence-corrected chi connectivity index (χ2v) is 6.49. The topological polar surface area (TPSA) is 15.6 Å². The Hall–Kier alpha value is -2.87. The van der Waals surface area contributed by atoms with Crippen molar-refractivity contribution in [1.82, 2.24) is 4.90 Å². The minimum Gasteiger partial charge on any atom is -0.343 e. The van der Waals surface area contributed by atoms with E-state index in [9.17, 15) is 0 Å². The molecule has 0 spiro atoms. The highest BCUT2D eigenvalue weighted by atomic mass is 15.3. The zero-order chi connectivity index (χ0) is 17.1. The summed E-state index contributed by atoms with van der Waals surface area (Å²) in [5, 5.41) is 0. The molecule has 25 heavy (non-hydrogen) atoms. The maximum absolute atomic E-state index is 4.83. The number of benzene rings is 3. The van der Waals surface area contributed by atoms with Crippen molar-refractivity contribution in [3.63, 3.8) is 0 Å². The van der Waals surface area contributed by atoms with Crippen LogP contribution in [0.2, 0.25) is 0 Å². The Morgan fingerprint density at radius 2 is 1.32 bits per heavy atom. The first-order chi connectivity index (χ1) is 12.3. The average Bonchev–Trinajstić information content (AvgIpc) is 3.14. The van der Waals surface area contributed by atoms with Crippen LogP contribution in [-0.2, 0) is 0 Å². The van der Waals surface area contributed by atoms with Gasteiger partial charge < -0.3 is 4.90 Å². The van der Waals surface area contributed by atoms with Gasteiger partial charge in [0.2, 0.25) is 0 Å². The highest BCUT2D eigenvalue weighted by molar-refractivity contribution is 6.00. The van der Waals surface area contributed by atoms with Crippen molar-refractivity contribution < 1.29 is 0 Å². The Labute approximate surface area is 149 Å². The van der Waals surface area contributed by atoms with Crippen LogP contribution in [0.15, 0.2) is 89.9 Å². The lowest BCUT2D eigenvalue weighted by atomic mass is 9.96. The van der Waals surface area contributed by atoms with Gasteiger partial charge in [-0.3, -0.25) is 4.99 Å². The summed E-state index contributed by atoms with van der Waals surface area (Å²) in [5.74, 6) is 1.10. The van der Waals surface area contributed by atoms with Gasteiger partial charge in [-0.25, -0.2) is 0 Å². The molecule has 1 aliphatic heterocycles. The fourth-order valence-electron chi connectivity index (χ4n) is 3.49. The van der Waals surface area contributed by atoms with Crippen LogP contribution in [0.1, 0.15) is 28.3 Å². The normalized spacial score (nSPS) is 14.0. The third-order valence-corrected chi connectivity index (χ3v) is 4.73. The molecule has 4 rings (SSSR count). The molecule has 0 bridgehead atoms. The average molecular weight is 326 g/mol. The molecule has 124 valence electrons. The summed E-state index contributed by atoms with van der Waals surface area (Å²) in [6.07, 6.45) is 0. The number of amidine groups is 1. The maximum atomic E-state index is 4.83. The summed E-state index contributed by atoms with van der Waals surface area (Å²) in [7, 11) is 0. The van der Waals surface area contributed by atoms with Crippen LogP contribution in [0.4, 0.5) is 0 Å². The van der Waals surface area contributed by atoms with Crippen molar-refractivity contribution in [3.8, 4) is 0 Å². The van der Waals surface area contributed by atoms with E-state index in [0.29, 0.717) is 0 Å². The molecule has 1 aliphatic rings. The van der Waals surface area contributed by atoms with Crippen LogP contribution in [-0.4, -0.2) is 23.8 Å². The highest BCUT2D eigenvalue weighted by Crippen LogP contribution is 2.31. The molecular formula is C23H22N2. The first kappa shape index (κ1) is 15.6. The molecule has 0 amide bonds. The smallest absolute Gasteiger partial charge is 0.131 e. The van der Waals surface area contributed by atoms with Crippen LogP contribution in [0.5, 0.6) is 0 Å².